The fraction of sp³-hybridized carbons (Fsp3) is 0.333. The first kappa shape index (κ1) is 13.3. The summed E-state index contributed by atoms with van der Waals surface area (Å²) in [6.07, 6.45) is 0. The Hall–Kier alpha value is -0.730. The highest BCUT2D eigenvalue weighted by molar-refractivity contribution is 6.43. The Balaban J connectivity index is 3.21. The van der Waals surface area contributed by atoms with Gasteiger partial charge in [-0.1, -0.05) is 35.3 Å². The predicted octanol–water partition coefficient (Wildman–Crippen LogP) is 4.73. The average Bonchev–Trinajstić information content (AvgIpc) is 2.29. The summed E-state index contributed by atoms with van der Waals surface area (Å²) < 4.78 is 18.0. The quantitative estimate of drug-likeness (QED) is 0.713. The van der Waals surface area contributed by atoms with Crippen molar-refractivity contribution >= 4 is 28.8 Å². The number of rotatable bonds is 4. The average molecular weight is 263 g/mol. The molecule has 0 unspecified atom stereocenters. The molecule has 0 atom stereocenters. The van der Waals surface area contributed by atoms with Gasteiger partial charge in [0, 0.05) is 5.56 Å². The highest BCUT2D eigenvalue weighted by Gasteiger charge is 2.11. The van der Waals surface area contributed by atoms with Crippen LogP contribution in [0.15, 0.2) is 24.0 Å². The monoisotopic (exact) mass is 262 g/mol. The summed E-state index contributed by atoms with van der Waals surface area (Å²) in [6.45, 7) is 3.35. The lowest BCUT2D eigenvalue weighted by Gasteiger charge is -2.11. The minimum atomic E-state index is -0.650. The highest BCUT2D eigenvalue weighted by Crippen LogP contribution is 2.32. The molecule has 0 heterocycles. The molecular formula is C12H13Cl2FO. The van der Waals surface area contributed by atoms with Gasteiger partial charge >= 0.3 is 0 Å². The number of alkyl halides is 1. The minimum absolute atomic E-state index is 0.298. The highest BCUT2D eigenvalue weighted by atomic mass is 35.5. The third-order valence-corrected chi connectivity index (χ3v) is 3.03. The van der Waals surface area contributed by atoms with E-state index in [4.69, 9.17) is 27.9 Å². The Morgan fingerprint density at radius 3 is 2.62 bits per heavy atom. The normalized spacial score (nSPS) is 12.3. The smallest absolute Gasteiger partial charge is 0.147 e. The SMILES string of the molecule is CCOC(CF)=C(C)c1cccc(Cl)c1Cl. The van der Waals surface area contributed by atoms with Gasteiger partial charge in [0.25, 0.3) is 0 Å². The van der Waals surface area contributed by atoms with Crippen molar-refractivity contribution in [1.29, 1.82) is 0 Å². The van der Waals surface area contributed by atoms with E-state index >= 15 is 0 Å². The van der Waals surface area contributed by atoms with Crippen LogP contribution in [0.2, 0.25) is 10.0 Å². The lowest BCUT2D eigenvalue weighted by molar-refractivity contribution is 0.206. The van der Waals surface area contributed by atoms with E-state index < -0.39 is 6.67 Å². The molecule has 0 saturated heterocycles. The zero-order valence-electron chi connectivity index (χ0n) is 9.19. The number of halogens is 3. The van der Waals surface area contributed by atoms with E-state index in [9.17, 15) is 4.39 Å². The zero-order valence-corrected chi connectivity index (χ0v) is 10.7. The van der Waals surface area contributed by atoms with Gasteiger partial charge in [-0.15, -0.1) is 0 Å². The maximum absolute atomic E-state index is 12.8. The first-order valence-electron chi connectivity index (χ1n) is 4.94. The summed E-state index contributed by atoms with van der Waals surface area (Å²) in [5.41, 5.74) is 1.38. The number of hydrogen-bond donors (Lipinski definition) is 0. The van der Waals surface area contributed by atoms with Crippen LogP contribution in [0.25, 0.3) is 5.57 Å². The molecule has 0 radical (unpaired) electrons. The molecule has 0 aliphatic heterocycles. The van der Waals surface area contributed by atoms with Gasteiger partial charge in [-0.25, -0.2) is 4.39 Å². The van der Waals surface area contributed by atoms with Crippen LogP contribution in [-0.4, -0.2) is 13.3 Å². The standard InChI is InChI=1S/C12H13Cl2FO/c1-3-16-11(7-15)8(2)9-5-4-6-10(13)12(9)14/h4-6H,3,7H2,1-2H3. The van der Waals surface area contributed by atoms with Gasteiger partial charge in [-0.3, -0.25) is 0 Å². The van der Waals surface area contributed by atoms with Crippen LogP contribution in [0, 0.1) is 0 Å². The maximum Gasteiger partial charge on any atom is 0.147 e. The van der Waals surface area contributed by atoms with Crippen LogP contribution in [0.4, 0.5) is 4.39 Å². The molecule has 88 valence electrons. The number of ether oxygens (including phenoxy) is 1. The van der Waals surface area contributed by atoms with Gasteiger partial charge in [0.1, 0.15) is 12.4 Å². The summed E-state index contributed by atoms with van der Waals surface area (Å²) in [4.78, 5) is 0. The molecule has 0 saturated carbocycles. The first-order chi connectivity index (χ1) is 7.61. The number of hydrogen-bond acceptors (Lipinski definition) is 1. The number of allylic oxidation sites excluding steroid dienone is 2. The molecule has 4 heteroatoms. The first-order valence-corrected chi connectivity index (χ1v) is 5.70. The van der Waals surface area contributed by atoms with Crippen LogP contribution >= 0.6 is 23.2 Å². The van der Waals surface area contributed by atoms with Gasteiger partial charge in [-0.2, -0.15) is 0 Å². The number of benzene rings is 1. The molecule has 1 aromatic rings. The second-order valence-electron chi connectivity index (χ2n) is 3.22. The molecule has 0 aliphatic carbocycles. The van der Waals surface area contributed by atoms with Gasteiger partial charge in [0.2, 0.25) is 0 Å². The van der Waals surface area contributed by atoms with E-state index in [1.807, 2.05) is 6.92 Å². The predicted molar refractivity (Wildman–Crippen MR) is 66.7 cm³/mol. The summed E-state index contributed by atoms with van der Waals surface area (Å²) in [5, 5.41) is 0.876. The Morgan fingerprint density at radius 1 is 1.38 bits per heavy atom. The fourth-order valence-electron chi connectivity index (χ4n) is 1.36. The Kier molecular flexibility index (Phi) is 5.10. The third-order valence-electron chi connectivity index (χ3n) is 2.21. The van der Waals surface area contributed by atoms with Crippen LogP contribution in [0.3, 0.4) is 0 Å². The van der Waals surface area contributed by atoms with Gasteiger partial charge in [0.05, 0.1) is 16.7 Å². The molecule has 0 aromatic heterocycles. The molecule has 0 bridgehead atoms. The lowest BCUT2D eigenvalue weighted by atomic mass is 10.1. The largest absolute Gasteiger partial charge is 0.495 e. The maximum atomic E-state index is 12.8. The minimum Gasteiger partial charge on any atom is -0.495 e. The van der Waals surface area contributed by atoms with Gasteiger partial charge < -0.3 is 4.74 Å². The third kappa shape index (κ3) is 2.89. The van der Waals surface area contributed by atoms with Crippen LogP contribution < -0.4 is 0 Å². The summed E-state index contributed by atoms with van der Waals surface area (Å²) in [6, 6.07) is 5.25. The Bertz CT molecular complexity index is 402. The topological polar surface area (TPSA) is 9.23 Å². The molecule has 0 aliphatic rings. The Labute approximate surface area is 105 Å². The van der Waals surface area contributed by atoms with E-state index in [-0.39, 0.29) is 0 Å². The van der Waals surface area contributed by atoms with Crippen LogP contribution in [0.1, 0.15) is 19.4 Å². The second-order valence-corrected chi connectivity index (χ2v) is 4.00. The van der Waals surface area contributed by atoms with Crippen molar-refractivity contribution in [2.45, 2.75) is 13.8 Å². The van der Waals surface area contributed by atoms with Gasteiger partial charge in [-0.05, 0) is 25.5 Å². The summed E-state index contributed by atoms with van der Waals surface area (Å²) >= 11 is 11.9. The molecular weight excluding hydrogens is 250 g/mol. The summed E-state index contributed by atoms with van der Waals surface area (Å²) in [7, 11) is 0. The molecule has 0 spiro atoms. The molecule has 0 N–H and O–H groups in total. The van der Waals surface area contributed by atoms with Gasteiger partial charge in [0.15, 0.2) is 0 Å². The van der Waals surface area contributed by atoms with Crippen molar-refractivity contribution in [1.82, 2.24) is 0 Å². The van der Waals surface area contributed by atoms with Crippen molar-refractivity contribution in [3.63, 3.8) is 0 Å². The molecule has 0 fully saturated rings. The lowest BCUT2D eigenvalue weighted by Crippen LogP contribution is -1.98. The summed E-state index contributed by atoms with van der Waals surface area (Å²) in [5.74, 6) is 0.298. The second kappa shape index (κ2) is 6.12. The zero-order chi connectivity index (χ0) is 12.1. The van der Waals surface area contributed by atoms with Crippen molar-refractivity contribution in [3.8, 4) is 0 Å². The van der Waals surface area contributed by atoms with E-state index in [2.05, 4.69) is 0 Å². The van der Waals surface area contributed by atoms with Crippen molar-refractivity contribution < 1.29 is 9.13 Å². The molecule has 0 amide bonds. The van der Waals surface area contributed by atoms with Crippen LogP contribution in [-0.2, 0) is 4.74 Å². The van der Waals surface area contributed by atoms with E-state index in [0.29, 0.717) is 33.5 Å². The van der Waals surface area contributed by atoms with Crippen molar-refractivity contribution in [3.05, 3.63) is 39.6 Å². The molecule has 1 nitrogen and oxygen atoms in total. The van der Waals surface area contributed by atoms with E-state index in [0.717, 1.165) is 0 Å². The molecule has 16 heavy (non-hydrogen) atoms. The van der Waals surface area contributed by atoms with Crippen LogP contribution in [0.5, 0.6) is 0 Å². The van der Waals surface area contributed by atoms with Crippen molar-refractivity contribution in [2.24, 2.45) is 0 Å². The van der Waals surface area contributed by atoms with E-state index in [1.54, 1.807) is 25.1 Å². The molecule has 1 aromatic carbocycles. The fourth-order valence-corrected chi connectivity index (χ4v) is 1.81. The molecule has 1 rings (SSSR count). The Morgan fingerprint density at radius 2 is 2.06 bits per heavy atom. The van der Waals surface area contributed by atoms with E-state index in [1.165, 1.54) is 0 Å². The van der Waals surface area contributed by atoms with Crippen molar-refractivity contribution in [2.75, 3.05) is 13.3 Å².